The van der Waals surface area contributed by atoms with Crippen molar-refractivity contribution in [2.75, 3.05) is 19.1 Å². The summed E-state index contributed by atoms with van der Waals surface area (Å²) in [6.45, 7) is 0. The molecular weight excluding hydrogens is 330 g/mol. The first-order chi connectivity index (χ1) is 11.6. The van der Waals surface area contributed by atoms with Crippen LogP contribution in [0.2, 0.25) is 0 Å². The van der Waals surface area contributed by atoms with Crippen molar-refractivity contribution in [2.45, 2.75) is 12.5 Å². The van der Waals surface area contributed by atoms with E-state index in [1.807, 2.05) is 24.5 Å². The maximum absolute atomic E-state index is 12.0. The summed E-state index contributed by atoms with van der Waals surface area (Å²) in [5.41, 5.74) is 2.80. The van der Waals surface area contributed by atoms with Gasteiger partial charge in [-0.05, 0) is 29.9 Å². The first-order valence-corrected chi connectivity index (χ1v) is 8.72. The highest BCUT2D eigenvalue weighted by molar-refractivity contribution is 7.98. The van der Waals surface area contributed by atoms with Gasteiger partial charge >= 0.3 is 11.9 Å². The Balaban J connectivity index is 2.34. The zero-order valence-corrected chi connectivity index (χ0v) is 14.3. The number of methoxy groups -OCH3 is 1. The van der Waals surface area contributed by atoms with E-state index < -0.39 is 18.0 Å². The molecule has 0 aromatic heterocycles. The number of benzene rings is 2. The molecule has 0 aliphatic heterocycles. The van der Waals surface area contributed by atoms with Gasteiger partial charge in [0.1, 0.15) is 11.6 Å². The summed E-state index contributed by atoms with van der Waals surface area (Å²) in [6.07, 6.45) is 2.30. The molecular formula is C17H19NO5S. The van der Waals surface area contributed by atoms with Crippen LogP contribution in [0.5, 0.6) is 5.75 Å². The zero-order valence-electron chi connectivity index (χ0n) is 13.4. The lowest BCUT2D eigenvalue weighted by atomic mass is 10.1. The minimum absolute atomic E-state index is 0.234. The van der Waals surface area contributed by atoms with Gasteiger partial charge in [-0.25, -0.2) is 4.79 Å². The number of hydrogen-bond donors (Lipinski definition) is 2. The predicted molar refractivity (Wildman–Crippen MR) is 93.5 cm³/mol. The molecule has 0 heterocycles. The van der Waals surface area contributed by atoms with Gasteiger partial charge in [-0.15, -0.1) is 5.48 Å². The molecule has 0 aliphatic rings. The average Bonchev–Trinajstić information content (AvgIpc) is 2.60. The predicted octanol–water partition coefficient (Wildman–Crippen LogP) is 2.72. The van der Waals surface area contributed by atoms with E-state index in [9.17, 15) is 14.7 Å². The number of fused-ring (bicyclic) bond motifs is 1. The Morgan fingerprint density at radius 1 is 1.25 bits per heavy atom. The highest BCUT2D eigenvalue weighted by Gasteiger charge is 2.21. The van der Waals surface area contributed by atoms with E-state index >= 15 is 0 Å². The molecule has 0 saturated heterocycles. The smallest absolute Gasteiger partial charge is 0.341 e. The first kappa shape index (κ1) is 18.1. The minimum atomic E-state index is -1.01. The molecule has 2 aromatic carbocycles. The fourth-order valence-corrected chi connectivity index (χ4v) is 2.69. The number of ether oxygens (including phenoxy) is 1. The average molecular weight is 349 g/mol. The SMILES string of the molecule is COC(=O)c1ccc2ccccc2c1ON[C@@H](CCSC)C(=O)O. The molecule has 0 aliphatic carbocycles. The summed E-state index contributed by atoms with van der Waals surface area (Å²) in [5, 5.41) is 10.8. The lowest BCUT2D eigenvalue weighted by Gasteiger charge is -2.17. The Morgan fingerprint density at radius 2 is 2.00 bits per heavy atom. The lowest BCUT2D eigenvalue weighted by molar-refractivity contribution is -0.141. The van der Waals surface area contributed by atoms with Crippen LogP contribution in [0.25, 0.3) is 10.8 Å². The third-order valence-corrected chi connectivity index (χ3v) is 4.14. The van der Waals surface area contributed by atoms with Crippen molar-refractivity contribution in [2.24, 2.45) is 0 Å². The van der Waals surface area contributed by atoms with E-state index in [0.29, 0.717) is 17.6 Å². The number of esters is 1. The van der Waals surface area contributed by atoms with Crippen LogP contribution in [0.4, 0.5) is 0 Å². The lowest BCUT2D eigenvalue weighted by Crippen LogP contribution is -2.39. The van der Waals surface area contributed by atoms with E-state index in [0.717, 1.165) is 5.39 Å². The molecule has 1 atom stereocenters. The summed E-state index contributed by atoms with van der Waals surface area (Å²) in [6, 6.07) is 9.89. The highest BCUT2D eigenvalue weighted by Crippen LogP contribution is 2.30. The van der Waals surface area contributed by atoms with Gasteiger partial charge in [0.25, 0.3) is 0 Å². The molecule has 2 N–H and O–H groups in total. The molecule has 6 nitrogen and oxygen atoms in total. The van der Waals surface area contributed by atoms with Crippen LogP contribution in [-0.4, -0.2) is 42.2 Å². The molecule has 0 unspecified atom stereocenters. The second-order valence-electron chi connectivity index (χ2n) is 5.05. The van der Waals surface area contributed by atoms with Gasteiger partial charge in [-0.2, -0.15) is 11.8 Å². The summed E-state index contributed by atoms with van der Waals surface area (Å²) < 4.78 is 4.78. The summed E-state index contributed by atoms with van der Waals surface area (Å²) in [5.74, 6) is -0.625. The quantitative estimate of drug-likeness (QED) is 0.560. The first-order valence-electron chi connectivity index (χ1n) is 7.32. The van der Waals surface area contributed by atoms with Crippen molar-refractivity contribution >= 4 is 34.5 Å². The number of aliphatic carboxylic acids is 1. The van der Waals surface area contributed by atoms with Crippen LogP contribution in [0, 0.1) is 0 Å². The van der Waals surface area contributed by atoms with Gasteiger partial charge in [0.15, 0.2) is 5.75 Å². The highest BCUT2D eigenvalue weighted by atomic mass is 32.2. The molecule has 0 amide bonds. The summed E-state index contributed by atoms with van der Waals surface area (Å²) in [7, 11) is 1.28. The molecule has 0 bridgehead atoms. The minimum Gasteiger partial charge on any atom is -0.480 e. The molecule has 24 heavy (non-hydrogen) atoms. The van der Waals surface area contributed by atoms with E-state index in [-0.39, 0.29) is 11.3 Å². The van der Waals surface area contributed by atoms with Crippen LogP contribution in [-0.2, 0) is 9.53 Å². The van der Waals surface area contributed by atoms with Crippen LogP contribution in [0.15, 0.2) is 36.4 Å². The van der Waals surface area contributed by atoms with Gasteiger partial charge in [0.05, 0.1) is 7.11 Å². The van der Waals surface area contributed by atoms with Gasteiger partial charge < -0.3 is 14.7 Å². The Kier molecular flexibility index (Phi) is 6.45. The maximum Gasteiger partial charge on any atom is 0.341 e. The molecule has 0 fully saturated rings. The van der Waals surface area contributed by atoms with Gasteiger partial charge in [0.2, 0.25) is 0 Å². The number of carbonyl (C=O) groups excluding carboxylic acids is 1. The van der Waals surface area contributed by atoms with Crippen molar-refractivity contribution < 1.29 is 24.3 Å². The molecule has 2 aromatic rings. The van der Waals surface area contributed by atoms with Crippen molar-refractivity contribution in [1.29, 1.82) is 0 Å². The van der Waals surface area contributed by atoms with Crippen molar-refractivity contribution in [1.82, 2.24) is 5.48 Å². The van der Waals surface area contributed by atoms with Crippen LogP contribution >= 0.6 is 11.8 Å². The van der Waals surface area contributed by atoms with Crippen molar-refractivity contribution in [3.63, 3.8) is 0 Å². The van der Waals surface area contributed by atoms with E-state index in [2.05, 4.69) is 5.48 Å². The monoisotopic (exact) mass is 349 g/mol. The van der Waals surface area contributed by atoms with Crippen LogP contribution in [0.1, 0.15) is 16.8 Å². The summed E-state index contributed by atoms with van der Waals surface area (Å²) >= 11 is 1.55. The normalized spacial score (nSPS) is 11.9. The van der Waals surface area contributed by atoms with Crippen molar-refractivity contribution in [3.05, 3.63) is 42.0 Å². The van der Waals surface area contributed by atoms with Crippen molar-refractivity contribution in [3.8, 4) is 5.75 Å². The third-order valence-electron chi connectivity index (χ3n) is 3.50. The Morgan fingerprint density at radius 3 is 2.67 bits per heavy atom. The number of thioether (sulfide) groups is 1. The number of carboxylic acid groups (broad SMARTS) is 1. The largest absolute Gasteiger partial charge is 0.480 e. The van der Waals surface area contributed by atoms with Gasteiger partial charge in [-0.1, -0.05) is 30.3 Å². The fourth-order valence-electron chi connectivity index (χ4n) is 2.22. The molecule has 0 radical (unpaired) electrons. The number of nitrogens with one attached hydrogen (secondary N) is 1. The maximum atomic E-state index is 12.0. The standard InChI is InChI=1S/C17H19NO5S/c1-22-17(21)13-8-7-11-5-3-4-6-12(11)15(13)23-18-14(16(19)20)9-10-24-2/h3-8,14,18H,9-10H2,1-2H3,(H,19,20)/t14-/m0/s1. The summed E-state index contributed by atoms with van der Waals surface area (Å²) in [4.78, 5) is 28.9. The van der Waals surface area contributed by atoms with Crippen LogP contribution in [0.3, 0.4) is 0 Å². The molecule has 0 spiro atoms. The Bertz CT molecular complexity index is 734. The van der Waals surface area contributed by atoms with E-state index in [1.165, 1.54) is 7.11 Å². The topological polar surface area (TPSA) is 84.9 Å². The number of carboxylic acids is 1. The Hall–Kier alpha value is -2.25. The number of hydrogen-bond acceptors (Lipinski definition) is 6. The number of rotatable bonds is 8. The molecule has 128 valence electrons. The number of carbonyl (C=O) groups is 2. The third kappa shape index (κ3) is 4.18. The fraction of sp³-hybridized carbons (Fsp3) is 0.294. The molecule has 7 heteroatoms. The van der Waals surface area contributed by atoms with Gasteiger partial charge in [-0.3, -0.25) is 4.79 Å². The molecule has 2 rings (SSSR count). The van der Waals surface area contributed by atoms with Gasteiger partial charge in [0, 0.05) is 5.39 Å². The van der Waals surface area contributed by atoms with E-state index in [4.69, 9.17) is 9.57 Å². The zero-order chi connectivity index (χ0) is 17.5. The molecule has 0 saturated carbocycles. The second kappa shape index (κ2) is 8.56. The second-order valence-corrected chi connectivity index (χ2v) is 6.03. The number of hydroxylamine groups is 1. The van der Waals surface area contributed by atoms with Crippen LogP contribution < -0.4 is 10.3 Å². The van der Waals surface area contributed by atoms with E-state index in [1.54, 1.807) is 30.0 Å². The Labute approximate surface area is 144 Å².